The number of pyridine rings is 1. The van der Waals surface area contributed by atoms with Gasteiger partial charge in [0.1, 0.15) is 5.82 Å². The number of hydrogen-bond acceptors (Lipinski definition) is 4. The third-order valence-electron chi connectivity index (χ3n) is 6.44. The molecule has 0 radical (unpaired) electrons. The highest BCUT2D eigenvalue weighted by Gasteiger charge is 2.42. The molecule has 1 aliphatic heterocycles. The summed E-state index contributed by atoms with van der Waals surface area (Å²) in [6.07, 6.45) is 11.1. The molecule has 1 saturated carbocycles. The number of guanidine groups is 1. The summed E-state index contributed by atoms with van der Waals surface area (Å²) in [5, 5.41) is 6.82. The van der Waals surface area contributed by atoms with Crippen molar-refractivity contribution in [3.63, 3.8) is 0 Å². The monoisotopic (exact) mass is 414 g/mol. The third kappa shape index (κ3) is 5.64. The van der Waals surface area contributed by atoms with Crippen molar-refractivity contribution in [2.75, 3.05) is 45.7 Å². The van der Waals surface area contributed by atoms with Crippen LogP contribution in [0.25, 0.3) is 0 Å². The van der Waals surface area contributed by atoms with Crippen LogP contribution in [0, 0.1) is 5.41 Å². The molecule has 1 aliphatic carbocycles. The van der Waals surface area contributed by atoms with Crippen LogP contribution in [0.2, 0.25) is 0 Å². The Hall–Kier alpha value is -2.31. The predicted molar refractivity (Wildman–Crippen MR) is 123 cm³/mol. The standard InChI is InChI=1S/C23H38N6O/c1-24-22(27-18-23(11-6-7-12-23)21(30)28(2)3)26-17-19-10-13-25-20(16-19)29-14-8-4-5-9-15-29/h10,13,16H,4-9,11-12,14-15,17-18H2,1-3H3,(H2,24,26,27). The molecule has 1 aromatic rings. The summed E-state index contributed by atoms with van der Waals surface area (Å²) >= 11 is 0. The minimum Gasteiger partial charge on any atom is -0.357 e. The summed E-state index contributed by atoms with van der Waals surface area (Å²) in [7, 11) is 5.47. The smallest absolute Gasteiger partial charge is 0.230 e. The van der Waals surface area contributed by atoms with E-state index in [9.17, 15) is 4.79 Å². The highest BCUT2D eigenvalue weighted by molar-refractivity contribution is 5.85. The molecule has 30 heavy (non-hydrogen) atoms. The zero-order valence-corrected chi connectivity index (χ0v) is 18.9. The van der Waals surface area contributed by atoms with Crippen LogP contribution < -0.4 is 15.5 Å². The average molecular weight is 415 g/mol. The number of anilines is 1. The number of nitrogens with zero attached hydrogens (tertiary/aromatic N) is 4. The van der Waals surface area contributed by atoms with E-state index in [0.717, 1.165) is 50.6 Å². The van der Waals surface area contributed by atoms with Crippen LogP contribution in [0.3, 0.4) is 0 Å². The molecule has 2 aliphatic rings. The van der Waals surface area contributed by atoms with Crippen molar-refractivity contribution >= 4 is 17.7 Å². The fourth-order valence-corrected chi connectivity index (χ4v) is 4.69. The van der Waals surface area contributed by atoms with Gasteiger partial charge in [-0.3, -0.25) is 9.79 Å². The summed E-state index contributed by atoms with van der Waals surface area (Å²) in [4.78, 5) is 25.9. The number of amides is 1. The van der Waals surface area contributed by atoms with Crippen molar-refractivity contribution in [2.24, 2.45) is 10.4 Å². The van der Waals surface area contributed by atoms with Gasteiger partial charge in [0.05, 0.1) is 5.41 Å². The van der Waals surface area contributed by atoms with E-state index in [2.05, 4.69) is 37.6 Å². The zero-order chi connectivity index (χ0) is 21.4. The molecule has 0 aromatic carbocycles. The quantitative estimate of drug-likeness (QED) is 0.553. The molecular weight excluding hydrogens is 376 g/mol. The SMILES string of the molecule is CN=C(NCc1ccnc(N2CCCCCC2)c1)NCC1(C(=O)N(C)C)CCCC1. The molecule has 2 fully saturated rings. The molecule has 0 spiro atoms. The van der Waals surface area contributed by atoms with Gasteiger partial charge < -0.3 is 20.4 Å². The summed E-state index contributed by atoms with van der Waals surface area (Å²) in [6.45, 7) is 3.49. The van der Waals surface area contributed by atoms with Crippen LogP contribution in [0.1, 0.15) is 56.9 Å². The first-order chi connectivity index (χ1) is 14.5. The van der Waals surface area contributed by atoms with Crippen molar-refractivity contribution in [1.29, 1.82) is 0 Å². The van der Waals surface area contributed by atoms with Crippen molar-refractivity contribution in [2.45, 2.75) is 57.9 Å². The minimum absolute atomic E-state index is 0.221. The summed E-state index contributed by atoms with van der Waals surface area (Å²) in [5.41, 5.74) is 0.879. The predicted octanol–water partition coefficient (Wildman–Crippen LogP) is 2.78. The van der Waals surface area contributed by atoms with Crippen molar-refractivity contribution < 1.29 is 4.79 Å². The molecular formula is C23H38N6O. The Morgan fingerprint density at radius 2 is 1.83 bits per heavy atom. The number of carbonyl (C=O) groups is 1. The van der Waals surface area contributed by atoms with Gasteiger partial charge in [-0.05, 0) is 43.4 Å². The van der Waals surface area contributed by atoms with Gasteiger partial charge in [0, 0.05) is 53.5 Å². The molecule has 7 nitrogen and oxygen atoms in total. The molecule has 2 N–H and O–H groups in total. The largest absolute Gasteiger partial charge is 0.357 e. The maximum absolute atomic E-state index is 12.8. The molecule has 1 amide bonds. The maximum atomic E-state index is 12.8. The molecule has 1 saturated heterocycles. The first-order valence-corrected chi connectivity index (χ1v) is 11.4. The topological polar surface area (TPSA) is 72.9 Å². The number of carbonyl (C=O) groups excluding carboxylic acids is 1. The molecule has 0 atom stereocenters. The Balaban J connectivity index is 1.56. The second-order valence-corrected chi connectivity index (χ2v) is 8.89. The molecule has 1 aromatic heterocycles. The lowest BCUT2D eigenvalue weighted by atomic mass is 9.84. The Morgan fingerprint density at radius 1 is 1.13 bits per heavy atom. The highest BCUT2D eigenvalue weighted by atomic mass is 16.2. The number of nitrogens with one attached hydrogen (secondary N) is 2. The lowest BCUT2D eigenvalue weighted by Crippen LogP contribution is -2.49. The van der Waals surface area contributed by atoms with Crippen molar-refractivity contribution in [1.82, 2.24) is 20.5 Å². The number of hydrogen-bond donors (Lipinski definition) is 2. The Labute approximate surface area is 181 Å². The average Bonchev–Trinajstić information content (AvgIpc) is 3.07. The Kier molecular flexibility index (Phi) is 7.94. The minimum atomic E-state index is -0.308. The lowest BCUT2D eigenvalue weighted by molar-refractivity contribution is -0.138. The van der Waals surface area contributed by atoms with Crippen LogP contribution in [-0.2, 0) is 11.3 Å². The van der Waals surface area contributed by atoms with Gasteiger partial charge in [-0.25, -0.2) is 4.98 Å². The fraction of sp³-hybridized carbons (Fsp3) is 0.696. The van der Waals surface area contributed by atoms with E-state index in [1.807, 2.05) is 20.3 Å². The highest BCUT2D eigenvalue weighted by Crippen LogP contribution is 2.38. The van der Waals surface area contributed by atoms with Gasteiger partial charge >= 0.3 is 0 Å². The third-order valence-corrected chi connectivity index (χ3v) is 6.44. The first-order valence-electron chi connectivity index (χ1n) is 11.4. The fourth-order valence-electron chi connectivity index (χ4n) is 4.69. The number of aliphatic imine (C=N–C) groups is 1. The van der Waals surface area contributed by atoms with Crippen molar-refractivity contribution in [3.05, 3.63) is 23.9 Å². The van der Waals surface area contributed by atoms with Gasteiger partial charge in [-0.2, -0.15) is 0 Å². The van der Waals surface area contributed by atoms with Crippen molar-refractivity contribution in [3.8, 4) is 0 Å². The van der Waals surface area contributed by atoms with E-state index in [1.165, 1.54) is 31.2 Å². The Morgan fingerprint density at radius 3 is 2.47 bits per heavy atom. The summed E-state index contributed by atoms with van der Waals surface area (Å²) in [5.74, 6) is 2.03. The molecule has 0 bridgehead atoms. The van der Waals surface area contributed by atoms with Gasteiger partial charge in [0.2, 0.25) is 5.91 Å². The van der Waals surface area contributed by atoms with Crippen LogP contribution in [0.15, 0.2) is 23.3 Å². The van der Waals surface area contributed by atoms with Crippen LogP contribution in [-0.4, -0.2) is 62.5 Å². The molecule has 7 heteroatoms. The normalized spacial score (nSPS) is 19.3. The Bertz CT molecular complexity index is 718. The van der Waals surface area contributed by atoms with Gasteiger partial charge in [-0.15, -0.1) is 0 Å². The van der Waals surface area contributed by atoms with Gasteiger partial charge in [0.15, 0.2) is 5.96 Å². The lowest BCUT2D eigenvalue weighted by Gasteiger charge is -2.31. The van der Waals surface area contributed by atoms with Gasteiger partial charge in [0.25, 0.3) is 0 Å². The van der Waals surface area contributed by atoms with E-state index in [1.54, 1.807) is 11.9 Å². The van der Waals surface area contributed by atoms with E-state index < -0.39 is 0 Å². The number of rotatable bonds is 6. The van der Waals surface area contributed by atoms with Crippen LogP contribution in [0.5, 0.6) is 0 Å². The second-order valence-electron chi connectivity index (χ2n) is 8.89. The molecule has 0 unspecified atom stereocenters. The second kappa shape index (κ2) is 10.6. The summed E-state index contributed by atoms with van der Waals surface area (Å²) < 4.78 is 0. The van der Waals surface area contributed by atoms with E-state index in [4.69, 9.17) is 0 Å². The van der Waals surface area contributed by atoms with Crippen LogP contribution >= 0.6 is 0 Å². The summed E-state index contributed by atoms with van der Waals surface area (Å²) in [6, 6.07) is 4.23. The molecule has 166 valence electrons. The zero-order valence-electron chi connectivity index (χ0n) is 18.9. The van der Waals surface area contributed by atoms with E-state index >= 15 is 0 Å². The van der Waals surface area contributed by atoms with E-state index in [-0.39, 0.29) is 11.3 Å². The van der Waals surface area contributed by atoms with Crippen LogP contribution in [0.4, 0.5) is 5.82 Å². The molecule has 3 rings (SSSR count). The molecule has 2 heterocycles. The van der Waals surface area contributed by atoms with Gasteiger partial charge in [-0.1, -0.05) is 25.7 Å². The number of aromatic nitrogens is 1. The first kappa shape index (κ1) is 22.4. The van der Waals surface area contributed by atoms with E-state index in [0.29, 0.717) is 13.1 Å². The maximum Gasteiger partial charge on any atom is 0.230 e.